The lowest BCUT2D eigenvalue weighted by Crippen LogP contribution is -2.43. The molecule has 0 radical (unpaired) electrons. The lowest BCUT2D eigenvalue weighted by atomic mass is 10.0. The summed E-state index contributed by atoms with van der Waals surface area (Å²) in [6, 6.07) is 7.78. The summed E-state index contributed by atoms with van der Waals surface area (Å²) in [5, 5.41) is 13.8. The van der Waals surface area contributed by atoms with E-state index in [2.05, 4.69) is 15.2 Å². The fourth-order valence-corrected chi connectivity index (χ4v) is 3.78. The second-order valence-corrected chi connectivity index (χ2v) is 7.33. The number of ether oxygens (including phenoxy) is 1. The molecule has 5 rings (SSSR count). The van der Waals surface area contributed by atoms with Crippen molar-refractivity contribution in [1.29, 1.82) is 0 Å². The number of pyridine rings is 1. The van der Waals surface area contributed by atoms with Crippen molar-refractivity contribution >= 4 is 23.0 Å². The van der Waals surface area contributed by atoms with Crippen LogP contribution in [0.15, 0.2) is 42.7 Å². The van der Waals surface area contributed by atoms with E-state index >= 15 is 0 Å². The first kappa shape index (κ1) is 19.0. The van der Waals surface area contributed by atoms with E-state index in [0.29, 0.717) is 17.0 Å². The van der Waals surface area contributed by atoms with Gasteiger partial charge in [-0.2, -0.15) is 13.2 Å². The molecule has 0 saturated carbocycles. The Morgan fingerprint density at radius 2 is 1.93 bits per heavy atom. The van der Waals surface area contributed by atoms with Crippen LogP contribution in [-0.4, -0.2) is 47.0 Å². The van der Waals surface area contributed by atoms with Crippen molar-refractivity contribution in [3.8, 4) is 5.75 Å². The van der Waals surface area contributed by atoms with Crippen LogP contribution in [-0.2, 0) is 6.18 Å². The van der Waals surface area contributed by atoms with E-state index in [1.807, 2.05) is 18.2 Å². The summed E-state index contributed by atoms with van der Waals surface area (Å²) in [6.07, 6.45) is -1.06. The lowest BCUT2D eigenvalue weighted by molar-refractivity contribution is -0.137. The summed E-state index contributed by atoms with van der Waals surface area (Å²) in [7, 11) is 0. The van der Waals surface area contributed by atoms with Gasteiger partial charge < -0.3 is 24.5 Å². The van der Waals surface area contributed by atoms with E-state index in [1.54, 1.807) is 12.3 Å². The maximum atomic E-state index is 13.0. The Hall–Kier alpha value is -3.04. The van der Waals surface area contributed by atoms with Crippen LogP contribution in [0.2, 0.25) is 0 Å². The number of benzene rings is 1. The van der Waals surface area contributed by atoms with Gasteiger partial charge in [-0.1, -0.05) is 0 Å². The second-order valence-electron chi connectivity index (χ2n) is 7.33. The smallest absolute Gasteiger partial charge is 0.416 e. The Bertz CT molecular complexity index is 1130. The van der Waals surface area contributed by atoms with Crippen LogP contribution in [0.1, 0.15) is 16.8 Å². The third-order valence-corrected chi connectivity index (χ3v) is 5.38. The number of hydrogen-bond acceptors (Lipinski definition) is 5. The molecule has 2 N–H and O–H groups in total. The number of nitrogens with zero attached hydrogens (tertiary/aromatic N) is 3. The van der Waals surface area contributed by atoms with Crippen molar-refractivity contribution < 1.29 is 23.0 Å². The SMILES string of the molecule is OC1Oc2cc(N3CCNCC3)ccc2C=C1c1cn2ccc(C(F)(F)F)cc2n1. The van der Waals surface area contributed by atoms with Gasteiger partial charge in [0.1, 0.15) is 11.4 Å². The first-order valence-electron chi connectivity index (χ1n) is 9.61. The zero-order chi connectivity index (χ0) is 20.9. The number of fused-ring (bicyclic) bond motifs is 2. The normalized spacial score (nSPS) is 19.4. The zero-order valence-electron chi connectivity index (χ0n) is 15.9. The molecule has 4 heterocycles. The molecule has 2 aromatic heterocycles. The first-order chi connectivity index (χ1) is 14.4. The molecule has 0 bridgehead atoms. The summed E-state index contributed by atoms with van der Waals surface area (Å²) >= 11 is 0. The van der Waals surface area contributed by atoms with Crippen LogP contribution in [0.3, 0.4) is 0 Å². The van der Waals surface area contributed by atoms with Gasteiger partial charge in [-0.15, -0.1) is 0 Å². The number of rotatable bonds is 2. The molecule has 30 heavy (non-hydrogen) atoms. The number of aliphatic hydroxyl groups excluding tert-OH is 1. The molecule has 2 aliphatic heterocycles. The molecule has 3 aromatic rings. The summed E-state index contributed by atoms with van der Waals surface area (Å²) in [6.45, 7) is 3.61. The predicted octanol–water partition coefficient (Wildman–Crippen LogP) is 3.01. The number of aromatic nitrogens is 2. The van der Waals surface area contributed by atoms with Gasteiger partial charge in [-0.3, -0.25) is 0 Å². The molecule has 1 aromatic carbocycles. The number of halogens is 3. The quantitative estimate of drug-likeness (QED) is 0.673. The summed E-state index contributed by atoms with van der Waals surface area (Å²) < 4.78 is 46.1. The highest BCUT2D eigenvalue weighted by atomic mass is 19.4. The molecule has 1 saturated heterocycles. The van der Waals surface area contributed by atoms with Gasteiger partial charge in [0.05, 0.1) is 11.3 Å². The van der Waals surface area contributed by atoms with Gasteiger partial charge >= 0.3 is 6.18 Å². The highest BCUT2D eigenvalue weighted by Gasteiger charge is 2.31. The molecule has 0 aliphatic carbocycles. The number of anilines is 1. The molecule has 156 valence electrons. The fourth-order valence-electron chi connectivity index (χ4n) is 3.78. The molecule has 2 aliphatic rings. The largest absolute Gasteiger partial charge is 0.460 e. The average molecular weight is 416 g/mol. The van der Waals surface area contributed by atoms with Crippen molar-refractivity contribution in [2.75, 3.05) is 31.1 Å². The van der Waals surface area contributed by atoms with Crippen molar-refractivity contribution in [1.82, 2.24) is 14.7 Å². The topological polar surface area (TPSA) is 62.0 Å². The Morgan fingerprint density at radius 3 is 2.70 bits per heavy atom. The number of alkyl halides is 3. The molecule has 1 fully saturated rings. The molecule has 0 spiro atoms. The minimum atomic E-state index is -4.44. The van der Waals surface area contributed by atoms with Crippen LogP contribution in [0.25, 0.3) is 17.3 Å². The number of nitrogens with one attached hydrogen (secondary N) is 1. The first-order valence-corrected chi connectivity index (χ1v) is 9.61. The molecule has 0 amide bonds. The molecule has 1 atom stereocenters. The maximum Gasteiger partial charge on any atom is 0.416 e. The van der Waals surface area contributed by atoms with E-state index in [-0.39, 0.29) is 5.65 Å². The van der Waals surface area contributed by atoms with E-state index < -0.39 is 18.0 Å². The standard InChI is InChI=1S/C21H19F3N4O2/c22-21(23,24)14-3-6-28-12-17(26-19(28)10-14)16-9-13-1-2-15(11-18(13)30-20(16)29)27-7-4-25-5-8-27/h1-3,6,9-12,20,25,29H,4-5,7-8H2. The number of piperazine rings is 1. The van der Waals surface area contributed by atoms with Crippen molar-refractivity contribution in [3.05, 3.63) is 59.5 Å². The van der Waals surface area contributed by atoms with E-state index in [0.717, 1.165) is 49.6 Å². The predicted molar refractivity (Wildman–Crippen MR) is 106 cm³/mol. The molecule has 1 unspecified atom stereocenters. The average Bonchev–Trinajstić information content (AvgIpc) is 3.16. The van der Waals surface area contributed by atoms with Crippen molar-refractivity contribution in [2.24, 2.45) is 0 Å². The monoisotopic (exact) mass is 416 g/mol. The number of imidazole rings is 1. The Labute approximate surface area is 170 Å². The molecule has 6 nitrogen and oxygen atoms in total. The van der Waals surface area contributed by atoms with Crippen LogP contribution < -0.4 is 15.0 Å². The molecular formula is C21H19F3N4O2. The third-order valence-electron chi connectivity index (χ3n) is 5.38. The van der Waals surface area contributed by atoms with Gasteiger partial charge in [-0.05, 0) is 30.3 Å². The van der Waals surface area contributed by atoms with Gasteiger partial charge in [0.15, 0.2) is 0 Å². The van der Waals surface area contributed by atoms with Crippen LogP contribution in [0, 0.1) is 0 Å². The Morgan fingerprint density at radius 1 is 1.13 bits per heavy atom. The van der Waals surface area contributed by atoms with Gasteiger partial charge in [0.25, 0.3) is 0 Å². The van der Waals surface area contributed by atoms with Gasteiger partial charge in [0.2, 0.25) is 6.29 Å². The third kappa shape index (κ3) is 3.40. The second kappa shape index (κ2) is 7.03. The Balaban J connectivity index is 1.49. The number of hydrogen-bond donors (Lipinski definition) is 2. The fraction of sp³-hybridized carbons (Fsp3) is 0.286. The van der Waals surface area contributed by atoms with E-state index in [9.17, 15) is 18.3 Å². The number of aliphatic hydroxyl groups is 1. The summed E-state index contributed by atoms with van der Waals surface area (Å²) in [5.74, 6) is 0.561. The minimum Gasteiger partial charge on any atom is -0.460 e. The van der Waals surface area contributed by atoms with E-state index in [1.165, 1.54) is 10.6 Å². The minimum absolute atomic E-state index is 0.146. The van der Waals surface area contributed by atoms with Gasteiger partial charge in [0, 0.05) is 61.5 Å². The van der Waals surface area contributed by atoms with Crippen LogP contribution in [0.5, 0.6) is 5.75 Å². The highest BCUT2D eigenvalue weighted by Crippen LogP contribution is 2.36. The van der Waals surface area contributed by atoms with E-state index in [4.69, 9.17) is 4.74 Å². The molecule has 9 heteroatoms. The highest BCUT2D eigenvalue weighted by molar-refractivity contribution is 5.86. The van der Waals surface area contributed by atoms with Gasteiger partial charge in [-0.25, -0.2) is 4.98 Å². The van der Waals surface area contributed by atoms with Crippen LogP contribution in [0.4, 0.5) is 18.9 Å². The molecular weight excluding hydrogens is 397 g/mol. The lowest BCUT2D eigenvalue weighted by Gasteiger charge is -2.31. The summed E-state index contributed by atoms with van der Waals surface area (Å²) in [4.78, 5) is 6.51. The maximum absolute atomic E-state index is 13.0. The Kier molecular flexibility index (Phi) is 4.44. The zero-order valence-corrected chi connectivity index (χ0v) is 15.9. The summed E-state index contributed by atoms with van der Waals surface area (Å²) in [5.41, 5.74) is 1.93. The van der Waals surface area contributed by atoms with Crippen molar-refractivity contribution in [2.45, 2.75) is 12.5 Å². The van der Waals surface area contributed by atoms with Crippen LogP contribution >= 0.6 is 0 Å². The van der Waals surface area contributed by atoms with Crippen molar-refractivity contribution in [3.63, 3.8) is 0 Å².